The fraction of sp³-hybridized carbons (Fsp3) is 0.684. The van der Waals surface area contributed by atoms with E-state index in [0.29, 0.717) is 45.9 Å². The number of nitrogens with zero attached hydrogens (tertiary/aromatic N) is 3. The first-order valence-electron chi connectivity index (χ1n) is 9.70. The lowest BCUT2D eigenvalue weighted by atomic mass is 10.0. The van der Waals surface area contributed by atoms with Crippen molar-refractivity contribution in [2.75, 3.05) is 53.0 Å². The van der Waals surface area contributed by atoms with E-state index in [1.807, 2.05) is 6.07 Å². The van der Waals surface area contributed by atoms with Crippen molar-refractivity contribution in [3.8, 4) is 0 Å². The van der Waals surface area contributed by atoms with Gasteiger partial charge in [-0.15, -0.1) is 0 Å². The first-order chi connectivity index (χ1) is 13.0. The summed E-state index contributed by atoms with van der Waals surface area (Å²) in [4.78, 5) is 2.20. The minimum absolute atomic E-state index is 0.234. The van der Waals surface area contributed by atoms with Crippen LogP contribution >= 0.6 is 0 Å². The Balaban J connectivity index is 1.59. The molecular weight excluding hydrogens is 369 g/mol. The highest BCUT2D eigenvalue weighted by Crippen LogP contribution is 2.22. The summed E-state index contributed by atoms with van der Waals surface area (Å²) in [5.41, 5.74) is 0.921. The molecule has 0 saturated carbocycles. The van der Waals surface area contributed by atoms with E-state index < -0.39 is 10.2 Å². The number of benzene rings is 1. The van der Waals surface area contributed by atoms with Gasteiger partial charge in [0.2, 0.25) is 0 Å². The maximum absolute atomic E-state index is 13.4. The Morgan fingerprint density at radius 3 is 2.70 bits per heavy atom. The Bertz CT molecular complexity index is 714. The van der Waals surface area contributed by atoms with Gasteiger partial charge in [0.1, 0.15) is 5.82 Å². The van der Waals surface area contributed by atoms with E-state index in [1.54, 1.807) is 27.9 Å². The molecule has 0 amide bonds. The molecule has 0 aromatic heterocycles. The van der Waals surface area contributed by atoms with Crippen LogP contribution in [0.4, 0.5) is 4.39 Å². The molecule has 2 aliphatic heterocycles. The molecule has 152 valence electrons. The third-order valence-corrected chi connectivity index (χ3v) is 7.38. The fourth-order valence-electron chi connectivity index (χ4n) is 4.00. The quantitative estimate of drug-likeness (QED) is 0.734. The standard InChI is InChI=1S/C19H30FN3O3S/c1-26-16-18-6-3-9-23(15-18)27(24,25)22-10-4-8-21(11-12-22)14-17-5-2-7-19(20)13-17/h2,5,7,13,18H,3-4,6,8-12,14-16H2,1H3. The van der Waals surface area contributed by atoms with Gasteiger partial charge in [0, 0.05) is 46.4 Å². The fourth-order valence-corrected chi connectivity index (χ4v) is 5.76. The van der Waals surface area contributed by atoms with Gasteiger partial charge in [0.25, 0.3) is 10.2 Å². The molecule has 2 fully saturated rings. The molecule has 1 atom stereocenters. The van der Waals surface area contributed by atoms with E-state index in [1.165, 1.54) is 6.07 Å². The third kappa shape index (κ3) is 5.48. The highest BCUT2D eigenvalue weighted by atomic mass is 32.2. The summed E-state index contributed by atoms with van der Waals surface area (Å²) in [6.45, 7) is 4.86. The molecule has 0 radical (unpaired) electrons. The van der Waals surface area contributed by atoms with Gasteiger partial charge in [-0.3, -0.25) is 4.90 Å². The molecule has 0 bridgehead atoms. The Morgan fingerprint density at radius 2 is 1.93 bits per heavy atom. The van der Waals surface area contributed by atoms with Crippen LogP contribution in [-0.2, 0) is 21.5 Å². The Hall–Kier alpha value is -1.06. The van der Waals surface area contributed by atoms with Gasteiger partial charge in [-0.05, 0) is 49.4 Å². The summed E-state index contributed by atoms with van der Waals surface area (Å²) in [7, 11) is -1.78. The monoisotopic (exact) mass is 399 g/mol. The number of rotatable bonds is 6. The van der Waals surface area contributed by atoms with Crippen LogP contribution in [0.15, 0.2) is 24.3 Å². The molecule has 1 aromatic rings. The highest BCUT2D eigenvalue weighted by molar-refractivity contribution is 7.86. The van der Waals surface area contributed by atoms with Crippen LogP contribution in [0.2, 0.25) is 0 Å². The summed E-state index contributed by atoms with van der Waals surface area (Å²) >= 11 is 0. The van der Waals surface area contributed by atoms with Crippen LogP contribution < -0.4 is 0 Å². The maximum Gasteiger partial charge on any atom is 0.282 e. The van der Waals surface area contributed by atoms with Crippen molar-refractivity contribution in [3.05, 3.63) is 35.6 Å². The number of halogens is 1. The number of methoxy groups -OCH3 is 1. The molecule has 1 unspecified atom stereocenters. The second kappa shape index (κ2) is 9.43. The SMILES string of the molecule is COCC1CCCN(S(=O)(=O)N2CCCN(Cc3cccc(F)c3)CC2)C1. The molecule has 2 aliphatic rings. The number of piperidine rings is 1. The third-order valence-electron chi connectivity index (χ3n) is 5.38. The number of hydrogen-bond donors (Lipinski definition) is 0. The molecule has 0 N–H and O–H groups in total. The van der Waals surface area contributed by atoms with Gasteiger partial charge >= 0.3 is 0 Å². The van der Waals surface area contributed by atoms with Crippen LogP contribution in [0.25, 0.3) is 0 Å². The molecule has 3 rings (SSSR count). The van der Waals surface area contributed by atoms with Crippen LogP contribution in [0.1, 0.15) is 24.8 Å². The molecule has 2 saturated heterocycles. The lowest BCUT2D eigenvalue weighted by Gasteiger charge is -2.35. The first-order valence-corrected chi connectivity index (χ1v) is 11.1. The lowest BCUT2D eigenvalue weighted by Crippen LogP contribution is -2.49. The summed E-state index contributed by atoms with van der Waals surface area (Å²) < 4.78 is 48.0. The Kier molecular flexibility index (Phi) is 7.22. The minimum Gasteiger partial charge on any atom is -0.384 e. The second-order valence-electron chi connectivity index (χ2n) is 7.49. The van der Waals surface area contributed by atoms with Gasteiger partial charge < -0.3 is 4.74 Å². The van der Waals surface area contributed by atoms with Crippen molar-refractivity contribution < 1.29 is 17.5 Å². The zero-order valence-corrected chi connectivity index (χ0v) is 16.8. The molecule has 6 nitrogen and oxygen atoms in total. The predicted octanol–water partition coefficient (Wildman–Crippen LogP) is 1.94. The number of hydrogen-bond acceptors (Lipinski definition) is 4. The number of ether oxygens (including phenoxy) is 1. The summed E-state index contributed by atoms with van der Waals surface area (Å²) in [6, 6.07) is 6.61. The summed E-state index contributed by atoms with van der Waals surface area (Å²) in [5, 5.41) is 0. The van der Waals surface area contributed by atoms with Crippen LogP contribution in [0.5, 0.6) is 0 Å². The first kappa shape index (κ1) is 20.7. The van der Waals surface area contributed by atoms with Crippen molar-refractivity contribution in [2.24, 2.45) is 5.92 Å². The minimum atomic E-state index is -3.44. The zero-order valence-electron chi connectivity index (χ0n) is 16.0. The molecule has 1 aromatic carbocycles. The molecule has 2 heterocycles. The van der Waals surface area contributed by atoms with Crippen molar-refractivity contribution in [1.82, 2.24) is 13.5 Å². The average Bonchev–Trinajstić information content (AvgIpc) is 2.88. The normalized spacial score (nSPS) is 24.0. The van der Waals surface area contributed by atoms with E-state index in [9.17, 15) is 12.8 Å². The molecule has 8 heteroatoms. The van der Waals surface area contributed by atoms with Gasteiger partial charge in [-0.1, -0.05) is 12.1 Å². The van der Waals surface area contributed by atoms with Gasteiger partial charge in [0.05, 0.1) is 6.61 Å². The van der Waals surface area contributed by atoms with Crippen LogP contribution in [0.3, 0.4) is 0 Å². The van der Waals surface area contributed by atoms with Gasteiger partial charge in [-0.25, -0.2) is 4.39 Å². The van der Waals surface area contributed by atoms with Crippen molar-refractivity contribution in [2.45, 2.75) is 25.8 Å². The van der Waals surface area contributed by atoms with E-state index in [-0.39, 0.29) is 11.7 Å². The van der Waals surface area contributed by atoms with Gasteiger partial charge in [-0.2, -0.15) is 17.0 Å². The molecule has 27 heavy (non-hydrogen) atoms. The largest absolute Gasteiger partial charge is 0.384 e. The maximum atomic E-state index is 13.4. The van der Waals surface area contributed by atoms with E-state index in [2.05, 4.69) is 4.90 Å². The zero-order chi connectivity index (χ0) is 19.3. The van der Waals surface area contributed by atoms with Gasteiger partial charge in [0.15, 0.2) is 0 Å². The second-order valence-corrected chi connectivity index (χ2v) is 9.42. The topological polar surface area (TPSA) is 53.1 Å². The average molecular weight is 400 g/mol. The summed E-state index contributed by atoms with van der Waals surface area (Å²) in [6.07, 6.45) is 2.68. The van der Waals surface area contributed by atoms with E-state index in [4.69, 9.17) is 4.74 Å². The highest BCUT2D eigenvalue weighted by Gasteiger charge is 2.34. The van der Waals surface area contributed by atoms with Crippen molar-refractivity contribution in [1.29, 1.82) is 0 Å². The summed E-state index contributed by atoms with van der Waals surface area (Å²) in [5.74, 6) is 0.0391. The molecule has 0 aliphatic carbocycles. The smallest absolute Gasteiger partial charge is 0.282 e. The molecular formula is C19H30FN3O3S. The molecule has 0 spiro atoms. The van der Waals surface area contributed by atoms with E-state index >= 15 is 0 Å². The van der Waals surface area contributed by atoms with Crippen LogP contribution in [-0.4, -0.2) is 74.9 Å². The van der Waals surface area contributed by atoms with Crippen LogP contribution in [0, 0.1) is 11.7 Å². The Morgan fingerprint density at radius 1 is 1.11 bits per heavy atom. The predicted molar refractivity (Wildman–Crippen MR) is 103 cm³/mol. The lowest BCUT2D eigenvalue weighted by molar-refractivity contribution is 0.116. The van der Waals surface area contributed by atoms with E-state index in [0.717, 1.165) is 31.4 Å². The van der Waals surface area contributed by atoms with Crippen molar-refractivity contribution in [3.63, 3.8) is 0 Å². The Labute approximate surface area is 162 Å². The van der Waals surface area contributed by atoms with Crippen molar-refractivity contribution >= 4 is 10.2 Å².